The number of pyridine rings is 1. The zero-order chi connectivity index (χ0) is 31.0. The lowest BCUT2D eigenvalue weighted by Gasteiger charge is -2.20. The van der Waals surface area contributed by atoms with E-state index in [2.05, 4.69) is 140 Å². The third-order valence-electron chi connectivity index (χ3n) is 9.12. The molecule has 0 spiro atoms. The van der Waals surface area contributed by atoms with E-state index in [1.807, 2.05) is 25.3 Å². The molecule has 0 amide bonds. The fraction of sp³-hybridized carbons (Fsp3) is 0.0227. The van der Waals surface area contributed by atoms with E-state index in [1.165, 1.54) is 65.3 Å². The molecule has 0 fully saturated rings. The number of hydrogen-bond acceptors (Lipinski definition) is 2. The van der Waals surface area contributed by atoms with E-state index in [9.17, 15) is 0 Å². The number of nitrogens with zero attached hydrogens (tertiary/aromatic N) is 1. The first-order chi connectivity index (χ1) is 22.8. The van der Waals surface area contributed by atoms with Gasteiger partial charge in [-0.15, -0.1) is 0 Å². The summed E-state index contributed by atoms with van der Waals surface area (Å²) < 4.78 is 0. The van der Waals surface area contributed by atoms with E-state index in [0.29, 0.717) is 0 Å². The molecule has 1 heterocycles. The largest absolute Gasteiger partial charge is 0.405 e. The van der Waals surface area contributed by atoms with Crippen LogP contribution in [-0.2, 0) is 0 Å². The van der Waals surface area contributed by atoms with E-state index in [1.54, 1.807) is 6.20 Å². The van der Waals surface area contributed by atoms with E-state index in [4.69, 9.17) is 10.7 Å². The third kappa shape index (κ3) is 4.46. The van der Waals surface area contributed by atoms with Crippen LogP contribution >= 0.6 is 0 Å². The number of benzene rings is 7. The highest BCUT2D eigenvalue weighted by Gasteiger charge is 2.20. The lowest BCUT2D eigenvalue weighted by Crippen LogP contribution is -1.95. The van der Waals surface area contributed by atoms with E-state index >= 15 is 0 Å². The smallest absolute Gasteiger partial charge is 0.0786 e. The van der Waals surface area contributed by atoms with Crippen LogP contribution in [0.25, 0.3) is 82.2 Å². The molecule has 2 heteroatoms. The number of hydrogen-bond donors (Lipinski definition) is 1. The number of rotatable bonds is 5. The van der Waals surface area contributed by atoms with Gasteiger partial charge >= 0.3 is 0 Å². The first-order valence-electron chi connectivity index (χ1n) is 15.7. The quantitative estimate of drug-likeness (QED) is 0.160. The van der Waals surface area contributed by atoms with Gasteiger partial charge in [0.2, 0.25) is 0 Å². The molecule has 2 nitrogen and oxygen atoms in total. The van der Waals surface area contributed by atoms with Crippen molar-refractivity contribution in [2.45, 2.75) is 6.92 Å². The fourth-order valence-corrected chi connectivity index (χ4v) is 7.10. The number of nitrogens with two attached hydrogens (primary N) is 1. The summed E-state index contributed by atoms with van der Waals surface area (Å²) in [6, 6.07) is 50.5. The molecule has 218 valence electrons. The van der Waals surface area contributed by atoms with Gasteiger partial charge in [0.15, 0.2) is 0 Å². The Hall–Kier alpha value is -5.99. The van der Waals surface area contributed by atoms with Crippen molar-refractivity contribution >= 4 is 48.7 Å². The molecule has 0 aliphatic carbocycles. The van der Waals surface area contributed by atoms with Crippen LogP contribution in [0.5, 0.6) is 0 Å². The van der Waals surface area contributed by atoms with Crippen LogP contribution in [0, 0.1) is 0 Å². The average molecular weight is 589 g/mol. The van der Waals surface area contributed by atoms with Crippen molar-refractivity contribution in [1.29, 1.82) is 0 Å². The molecule has 0 aliphatic rings. The Bertz CT molecular complexity index is 2440. The molecule has 8 rings (SSSR count). The molecular formula is C44H32N2. The molecule has 0 saturated heterocycles. The number of aromatic nitrogens is 1. The number of allylic oxidation sites excluding steroid dienone is 3. The minimum Gasteiger partial charge on any atom is -0.405 e. The predicted molar refractivity (Wildman–Crippen MR) is 198 cm³/mol. The first-order valence-corrected chi connectivity index (χ1v) is 15.7. The Balaban J connectivity index is 1.43. The number of fused-ring (bicyclic) bond motifs is 4. The van der Waals surface area contributed by atoms with Crippen molar-refractivity contribution in [2.75, 3.05) is 0 Å². The van der Waals surface area contributed by atoms with Gasteiger partial charge in [-0.25, -0.2) is 0 Å². The fourth-order valence-electron chi connectivity index (χ4n) is 7.10. The molecule has 2 N–H and O–H groups in total. The van der Waals surface area contributed by atoms with Crippen molar-refractivity contribution in [2.24, 2.45) is 5.73 Å². The summed E-state index contributed by atoms with van der Waals surface area (Å²) in [5, 5.41) is 9.84. The highest BCUT2D eigenvalue weighted by molar-refractivity contribution is 6.24. The van der Waals surface area contributed by atoms with Crippen LogP contribution in [0.3, 0.4) is 0 Å². The third-order valence-corrected chi connectivity index (χ3v) is 9.12. The summed E-state index contributed by atoms with van der Waals surface area (Å²) in [4.78, 5) is 4.90. The summed E-state index contributed by atoms with van der Waals surface area (Å²) in [6.07, 6.45) is 7.47. The molecule has 0 atom stereocenters. The monoisotopic (exact) mass is 588 g/mol. The molecule has 7 aromatic carbocycles. The molecule has 0 bridgehead atoms. The van der Waals surface area contributed by atoms with E-state index in [-0.39, 0.29) is 0 Å². The Labute approximate surface area is 268 Å². The maximum absolute atomic E-state index is 5.83. The van der Waals surface area contributed by atoms with Gasteiger partial charge in [0.05, 0.1) is 5.69 Å². The van der Waals surface area contributed by atoms with E-state index in [0.717, 1.165) is 22.4 Å². The molecule has 1 aromatic heterocycles. The van der Waals surface area contributed by atoms with Crippen LogP contribution in [0.1, 0.15) is 12.5 Å². The Kier molecular flexibility index (Phi) is 6.89. The molecule has 46 heavy (non-hydrogen) atoms. The topological polar surface area (TPSA) is 38.9 Å². The predicted octanol–water partition coefficient (Wildman–Crippen LogP) is 11.6. The zero-order valence-electron chi connectivity index (χ0n) is 25.6. The lowest BCUT2D eigenvalue weighted by molar-refractivity contribution is 1.31. The van der Waals surface area contributed by atoms with Crippen LogP contribution in [0.2, 0.25) is 0 Å². The molecule has 0 aliphatic heterocycles. The first kappa shape index (κ1) is 27.6. The Morgan fingerprint density at radius 3 is 1.76 bits per heavy atom. The lowest BCUT2D eigenvalue weighted by atomic mass is 9.83. The molecule has 0 saturated carbocycles. The minimum absolute atomic E-state index is 0.942. The van der Waals surface area contributed by atoms with Gasteiger partial charge in [-0.1, -0.05) is 133 Å². The van der Waals surface area contributed by atoms with Gasteiger partial charge in [-0.2, -0.15) is 0 Å². The SMILES string of the molecule is C/C=C(\C=C/N)c1cccnc1-c1ccc(-c2c3ccccc3c(-c3ccc4ccccc4c3)c3ccccc23)c2ccccc12. The van der Waals surface area contributed by atoms with Crippen molar-refractivity contribution in [1.82, 2.24) is 4.98 Å². The van der Waals surface area contributed by atoms with E-state index < -0.39 is 0 Å². The molecule has 0 radical (unpaired) electrons. The standard InChI is InChI=1S/C44H32N2/c1-2-29(25-26-45)33-20-11-27-46-44(33)41-24-23-40(34-14-5-6-15-35(34)41)43-38-18-9-7-16-36(38)42(37-17-8-10-19-39(37)43)32-22-21-30-12-3-4-13-31(30)28-32/h2-28H,45H2,1H3/b26-25-,29-2+. The van der Waals surface area contributed by atoms with Crippen molar-refractivity contribution in [3.63, 3.8) is 0 Å². The second-order valence-corrected chi connectivity index (χ2v) is 11.6. The van der Waals surface area contributed by atoms with Gasteiger partial charge in [0.1, 0.15) is 0 Å². The van der Waals surface area contributed by atoms with Gasteiger partial charge in [0, 0.05) is 17.3 Å². The van der Waals surface area contributed by atoms with Gasteiger partial charge in [-0.3, -0.25) is 4.98 Å². The Morgan fingerprint density at radius 1 is 0.543 bits per heavy atom. The normalized spacial score (nSPS) is 12.2. The Morgan fingerprint density at radius 2 is 1.11 bits per heavy atom. The van der Waals surface area contributed by atoms with Gasteiger partial charge in [-0.05, 0) is 102 Å². The average Bonchev–Trinajstić information content (AvgIpc) is 3.12. The second kappa shape index (κ2) is 11.5. The van der Waals surface area contributed by atoms with Crippen molar-refractivity contribution < 1.29 is 0 Å². The summed E-state index contributed by atoms with van der Waals surface area (Å²) in [6.45, 7) is 2.03. The van der Waals surface area contributed by atoms with Crippen LogP contribution in [0.15, 0.2) is 164 Å². The van der Waals surface area contributed by atoms with Gasteiger partial charge < -0.3 is 5.73 Å². The highest BCUT2D eigenvalue weighted by Crippen LogP contribution is 2.47. The molecule has 8 aromatic rings. The van der Waals surface area contributed by atoms with Crippen LogP contribution in [-0.4, -0.2) is 4.98 Å². The maximum Gasteiger partial charge on any atom is 0.0786 e. The highest BCUT2D eigenvalue weighted by atomic mass is 14.7. The van der Waals surface area contributed by atoms with Crippen LogP contribution in [0.4, 0.5) is 0 Å². The summed E-state index contributed by atoms with van der Waals surface area (Å²) in [7, 11) is 0. The molecular weight excluding hydrogens is 556 g/mol. The van der Waals surface area contributed by atoms with Crippen molar-refractivity contribution in [3.8, 4) is 33.5 Å². The van der Waals surface area contributed by atoms with Crippen LogP contribution < -0.4 is 5.73 Å². The van der Waals surface area contributed by atoms with Crippen molar-refractivity contribution in [3.05, 3.63) is 170 Å². The molecule has 0 unspecified atom stereocenters. The van der Waals surface area contributed by atoms with Gasteiger partial charge in [0.25, 0.3) is 0 Å². The zero-order valence-corrected chi connectivity index (χ0v) is 25.6. The summed E-state index contributed by atoms with van der Waals surface area (Å²) in [5.41, 5.74) is 14.9. The maximum atomic E-state index is 5.83. The minimum atomic E-state index is 0.942. The summed E-state index contributed by atoms with van der Waals surface area (Å²) in [5.74, 6) is 0. The second-order valence-electron chi connectivity index (χ2n) is 11.6. The summed E-state index contributed by atoms with van der Waals surface area (Å²) >= 11 is 0.